The fourth-order valence-corrected chi connectivity index (χ4v) is 2.50. The largest absolute Gasteiger partial charge is 2.00 e. The van der Waals surface area contributed by atoms with Crippen LogP contribution in [0.3, 0.4) is 0 Å². The van der Waals surface area contributed by atoms with Crippen molar-refractivity contribution >= 4 is 11.9 Å². The Morgan fingerprint density at radius 1 is 0.731 bits per heavy atom. The van der Waals surface area contributed by atoms with Crippen molar-refractivity contribution in [1.29, 1.82) is 0 Å². The van der Waals surface area contributed by atoms with Crippen molar-refractivity contribution in [1.82, 2.24) is 0 Å². The van der Waals surface area contributed by atoms with Crippen LogP contribution in [0.25, 0.3) is 0 Å². The van der Waals surface area contributed by atoms with E-state index in [1.165, 1.54) is 0 Å². The van der Waals surface area contributed by atoms with E-state index in [0.717, 1.165) is 0 Å². The minimum atomic E-state index is -2.14. The molecule has 13 nitrogen and oxygen atoms in total. The van der Waals surface area contributed by atoms with Crippen LogP contribution in [0.15, 0.2) is 0 Å². The van der Waals surface area contributed by atoms with Gasteiger partial charge in [-0.05, 0) is 0 Å². The third kappa shape index (κ3) is 4.32. The van der Waals surface area contributed by atoms with Crippen molar-refractivity contribution in [2.75, 3.05) is 0 Å². The Labute approximate surface area is 155 Å². The van der Waals surface area contributed by atoms with Crippen molar-refractivity contribution in [3.8, 4) is 0 Å². The molecule has 0 spiro atoms. The Kier molecular flexibility index (Phi) is 7.88. The van der Waals surface area contributed by atoms with E-state index >= 15 is 0 Å². The molecule has 10 atom stereocenters. The Hall–Kier alpha value is -0.901. The summed E-state index contributed by atoms with van der Waals surface area (Å²) in [6.07, 6.45) is -20.6. The second kappa shape index (κ2) is 8.86. The fourth-order valence-electron chi connectivity index (χ4n) is 2.50. The average molecular weight is 432 g/mol. The number of hydrogen-bond acceptors (Lipinski definition) is 13. The molecule has 2 saturated heterocycles. The van der Waals surface area contributed by atoms with Crippen LogP contribution < -0.4 is 10.2 Å². The smallest absolute Gasteiger partial charge is 0.547 e. The molecule has 2 rings (SSSR count). The first-order valence-electron chi connectivity index (χ1n) is 7.02. The van der Waals surface area contributed by atoms with Crippen LogP contribution in [0.2, 0.25) is 0 Å². The number of carboxylic acid groups (broad SMARTS) is 2. The minimum absolute atomic E-state index is 0. The monoisotopic (exact) mass is 431 g/mol. The van der Waals surface area contributed by atoms with Gasteiger partial charge in [0.25, 0.3) is 0 Å². The standard InChI is InChI=1S/C12H18O13.Cu/c13-1-2(14)7(9(18)19)25-12(5(1)17)24-6-3(15)4(16)11(22)23-8(6)10(20)21;/h1-8,11-17,22H,(H,18,19)(H,20,21);/q;+2/p-2/t1-,2-,3+,4+,5+,6-,7-,8-,11+,12-;/m0./s1. The van der Waals surface area contributed by atoms with Gasteiger partial charge in [-0.2, -0.15) is 0 Å². The minimum Gasteiger partial charge on any atom is -0.547 e. The molecular weight excluding hydrogens is 416 g/mol. The zero-order valence-corrected chi connectivity index (χ0v) is 13.6. The summed E-state index contributed by atoms with van der Waals surface area (Å²) in [6.45, 7) is 0. The van der Waals surface area contributed by atoms with Gasteiger partial charge in [0, 0.05) is 0 Å². The number of rotatable bonds is 4. The van der Waals surface area contributed by atoms with Crippen LogP contribution in [-0.2, 0) is 40.9 Å². The van der Waals surface area contributed by atoms with Gasteiger partial charge in [0.1, 0.15) is 48.8 Å². The molecule has 0 bridgehead atoms. The fraction of sp³-hybridized carbons (Fsp3) is 0.833. The van der Waals surface area contributed by atoms with Crippen molar-refractivity contribution in [3.63, 3.8) is 0 Å². The number of aliphatic hydroxyl groups excluding tert-OH is 6. The normalized spacial score (nSPS) is 46.2. The van der Waals surface area contributed by atoms with E-state index in [1.807, 2.05) is 0 Å². The van der Waals surface area contributed by atoms with E-state index in [0.29, 0.717) is 0 Å². The second-order valence-electron chi connectivity index (χ2n) is 5.56. The van der Waals surface area contributed by atoms with Crippen LogP contribution in [0.5, 0.6) is 0 Å². The maximum atomic E-state index is 11.1. The van der Waals surface area contributed by atoms with E-state index in [4.69, 9.17) is 9.47 Å². The molecule has 0 aromatic carbocycles. The maximum absolute atomic E-state index is 11.1. The first kappa shape index (κ1) is 23.1. The van der Waals surface area contributed by atoms with Gasteiger partial charge in [-0.15, -0.1) is 0 Å². The molecule has 0 unspecified atom stereocenters. The third-order valence-corrected chi connectivity index (χ3v) is 3.89. The summed E-state index contributed by atoms with van der Waals surface area (Å²) in [7, 11) is 0. The Bertz CT molecular complexity index is 517. The zero-order valence-electron chi connectivity index (χ0n) is 12.6. The summed E-state index contributed by atoms with van der Waals surface area (Å²) < 4.78 is 14.2. The molecule has 0 aliphatic carbocycles. The van der Waals surface area contributed by atoms with Crippen LogP contribution in [0.4, 0.5) is 0 Å². The maximum Gasteiger partial charge on any atom is 2.00 e. The van der Waals surface area contributed by atoms with Gasteiger partial charge < -0.3 is 64.7 Å². The van der Waals surface area contributed by atoms with Gasteiger partial charge in [0.05, 0.1) is 11.9 Å². The predicted molar refractivity (Wildman–Crippen MR) is 64.5 cm³/mol. The summed E-state index contributed by atoms with van der Waals surface area (Å²) >= 11 is 0. The van der Waals surface area contributed by atoms with E-state index < -0.39 is 73.4 Å². The Morgan fingerprint density at radius 3 is 1.77 bits per heavy atom. The van der Waals surface area contributed by atoms with Crippen molar-refractivity contribution in [2.45, 2.75) is 61.4 Å². The van der Waals surface area contributed by atoms with Crippen LogP contribution in [0.1, 0.15) is 0 Å². The second-order valence-corrected chi connectivity index (χ2v) is 5.56. The van der Waals surface area contributed by atoms with E-state index in [1.54, 1.807) is 0 Å². The van der Waals surface area contributed by atoms with Gasteiger partial charge >= 0.3 is 17.1 Å². The number of carbonyl (C=O) groups is 2. The molecule has 2 heterocycles. The molecule has 14 heteroatoms. The van der Waals surface area contributed by atoms with Gasteiger partial charge in [-0.1, -0.05) is 0 Å². The Balaban J connectivity index is 0.00000338. The van der Waals surface area contributed by atoms with Crippen LogP contribution >= 0.6 is 0 Å². The summed E-state index contributed by atoms with van der Waals surface area (Å²) in [5.74, 6) is -3.92. The zero-order chi connectivity index (χ0) is 19.0. The van der Waals surface area contributed by atoms with E-state index in [9.17, 15) is 50.4 Å². The summed E-state index contributed by atoms with van der Waals surface area (Å²) in [5, 5.41) is 79.6. The predicted octanol–water partition coefficient (Wildman–Crippen LogP) is -7.88. The van der Waals surface area contributed by atoms with Crippen LogP contribution in [0, 0.1) is 0 Å². The molecule has 0 aromatic rings. The average Bonchev–Trinajstić information content (AvgIpc) is 2.54. The Morgan fingerprint density at radius 2 is 1.27 bits per heavy atom. The molecule has 0 amide bonds. The molecule has 1 radical (unpaired) electrons. The summed E-state index contributed by atoms with van der Waals surface area (Å²) in [4.78, 5) is 21.9. The molecule has 2 aliphatic rings. The summed E-state index contributed by atoms with van der Waals surface area (Å²) in [5.41, 5.74) is 0. The number of ether oxygens (including phenoxy) is 3. The molecule has 2 aliphatic heterocycles. The number of aliphatic carboxylic acids is 2. The molecule has 153 valence electrons. The first-order chi connectivity index (χ1) is 11.6. The van der Waals surface area contributed by atoms with Crippen molar-refractivity contribution in [3.05, 3.63) is 0 Å². The van der Waals surface area contributed by atoms with Gasteiger partial charge in [0.15, 0.2) is 12.6 Å². The summed E-state index contributed by atoms with van der Waals surface area (Å²) in [6, 6.07) is 0. The SMILES string of the molecule is O=C([O-])[C@H]1O[C@H](O[C@H]2[C@H](O)[C@@H](O)[C@H](O)O[C@@H]2C(=O)[O-])[C@H](O)[C@@H](O)[C@@H]1O.[Cu+2]. The first-order valence-corrected chi connectivity index (χ1v) is 7.02. The van der Waals surface area contributed by atoms with E-state index in [2.05, 4.69) is 4.74 Å². The van der Waals surface area contributed by atoms with Crippen LogP contribution in [-0.4, -0.2) is 104 Å². The molecule has 26 heavy (non-hydrogen) atoms. The van der Waals surface area contributed by atoms with Gasteiger partial charge in [-0.25, -0.2) is 0 Å². The molecule has 0 aromatic heterocycles. The van der Waals surface area contributed by atoms with Gasteiger partial charge in [0.2, 0.25) is 0 Å². The van der Waals surface area contributed by atoms with Crippen molar-refractivity contribution in [2.24, 2.45) is 0 Å². The van der Waals surface area contributed by atoms with Gasteiger partial charge in [-0.3, -0.25) is 0 Å². The number of hydrogen-bond donors (Lipinski definition) is 6. The molecule has 2 fully saturated rings. The van der Waals surface area contributed by atoms with E-state index in [-0.39, 0.29) is 17.1 Å². The number of carbonyl (C=O) groups excluding carboxylic acids is 2. The third-order valence-electron chi connectivity index (χ3n) is 3.89. The number of carboxylic acids is 2. The molecule has 0 saturated carbocycles. The van der Waals surface area contributed by atoms with Crippen molar-refractivity contribution < 1.29 is 81.7 Å². The molecular formula is C12H16CuO13. The quantitative estimate of drug-likeness (QED) is 0.227. The number of aliphatic hydroxyl groups is 6. The topological polar surface area (TPSA) is 229 Å². The molecule has 6 N–H and O–H groups in total.